The molecule has 4 rings (SSSR count). The van der Waals surface area contributed by atoms with Crippen LogP contribution >= 0.6 is 0 Å². The van der Waals surface area contributed by atoms with E-state index in [2.05, 4.69) is 24.2 Å². The van der Waals surface area contributed by atoms with E-state index in [1.165, 1.54) is 5.57 Å². The number of para-hydroxylation sites is 1. The number of carbonyl (C=O) groups is 1. The van der Waals surface area contributed by atoms with Crippen LogP contribution in [-0.4, -0.2) is 28.6 Å². The summed E-state index contributed by atoms with van der Waals surface area (Å²) < 4.78 is 5.83. The zero-order valence-electron chi connectivity index (χ0n) is 13.4. The molecule has 0 spiro atoms. The maximum atomic E-state index is 12.9. The third kappa shape index (κ3) is 2.57. The van der Waals surface area contributed by atoms with Crippen LogP contribution in [0.15, 0.2) is 42.2 Å². The van der Waals surface area contributed by atoms with Crippen molar-refractivity contribution in [2.75, 3.05) is 6.61 Å². The lowest BCUT2D eigenvalue weighted by molar-refractivity contribution is -0.148. The first kappa shape index (κ1) is 14.5. The zero-order chi connectivity index (χ0) is 15.8. The molecule has 4 nitrogen and oxygen atoms in total. The summed E-state index contributed by atoms with van der Waals surface area (Å²) in [6.07, 6.45) is 7.36. The molecule has 2 bridgehead atoms. The Kier molecular flexibility index (Phi) is 3.69. The molecule has 1 aromatic heterocycles. The fourth-order valence-corrected chi connectivity index (χ4v) is 3.82. The van der Waals surface area contributed by atoms with Gasteiger partial charge in [0.1, 0.15) is 6.23 Å². The quantitative estimate of drug-likeness (QED) is 0.941. The Morgan fingerprint density at radius 3 is 3.13 bits per heavy atom. The largest absolute Gasteiger partial charge is 0.361 e. The van der Waals surface area contributed by atoms with Gasteiger partial charge in [-0.1, -0.05) is 30.7 Å². The summed E-state index contributed by atoms with van der Waals surface area (Å²) in [5.41, 5.74) is 3.51. The summed E-state index contributed by atoms with van der Waals surface area (Å²) in [5.74, 6) is 0.710. The van der Waals surface area contributed by atoms with E-state index in [1.807, 2.05) is 29.3 Å². The standard InChI is InChI=1S/C19H22N2O2/c1-2-13-12-21(19-10-14(13)7-8-23-19)18(22)9-15-11-20-17-6-4-3-5-16(15)17/h3-6,11-12,14,19-20H,2,7-10H2,1H3. The van der Waals surface area contributed by atoms with Gasteiger partial charge in [-0.05, 0) is 36.8 Å². The second-order valence-corrected chi connectivity index (χ2v) is 6.44. The van der Waals surface area contributed by atoms with Crippen molar-refractivity contribution in [1.29, 1.82) is 0 Å². The smallest absolute Gasteiger partial charge is 0.233 e. The number of fused-ring (bicyclic) bond motifs is 3. The van der Waals surface area contributed by atoms with E-state index < -0.39 is 0 Å². The molecule has 0 saturated carbocycles. The summed E-state index contributed by atoms with van der Waals surface area (Å²) in [4.78, 5) is 17.9. The van der Waals surface area contributed by atoms with Crippen molar-refractivity contribution in [2.45, 2.75) is 38.8 Å². The molecule has 4 heteroatoms. The Bertz CT molecular complexity index is 762. The Hall–Kier alpha value is -2.07. The topological polar surface area (TPSA) is 45.3 Å². The summed E-state index contributed by atoms with van der Waals surface area (Å²) in [6, 6.07) is 8.11. The number of hydrogen-bond donors (Lipinski definition) is 1. The van der Waals surface area contributed by atoms with E-state index >= 15 is 0 Å². The van der Waals surface area contributed by atoms with Crippen LogP contribution in [-0.2, 0) is 16.0 Å². The molecule has 2 aliphatic heterocycles. The third-order valence-corrected chi connectivity index (χ3v) is 5.12. The predicted octanol–water partition coefficient (Wildman–Crippen LogP) is 3.60. The van der Waals surface area contributed by atoms with E-state index in [4.69, 9.17) is 4.74 Å². The molecule has 23 heavy (non-hydrogen) atoms. The molecule has 0 aliphatic carbocycles. The van der Waals surface area contributed by atoms with Crippen LogP contribution in [0.2, 0.25) is 0 Å². The first-order valence-corrected chi connectivity index (χ1v) is 8.44. The van der Waals surface area contributed by atoms with Crippen LogP contribution in [0.5, 0.6) is 0 Å². The number of benzene rings is 1. The number of aromatic amines is 1. The number of H-pyrrole nitrogens is 1. The average molecular weight is 310 g/mol. The van der Waals surface area contributed by atoms with Gasteiger partial charge >= 0.3 is 0 Å². The van der Waals surface area contributed by atoms with Gasteiger partial charge in [0, 0.05) is 29.9 Å². The maximum Gasteiger partial charge on any atom is 0.233 e. The van der Waals surface area contributed by atoms with Gasteiger partial charge in [0.25, 0.3) is 0 Å². The van der Waals surface area contributed by atoms with Gasteiger partial charge in [0.2, 0.25) is 5.91 Å². The number of allylic oxidation sites excluding steroid dienone is 1. The fourth-order valence-electron chi connectivity index (χ4n) is 3.82. The van der Waals surface area contributed by atoms with Crippen LogP contribution in [0.25, 0.3) is 10.9 Å². The van der Waals surface area contributed by atoms with Gasteiger partial charge in [-0.15, -0.1) is 0 Å². The van der Waals surface area contributed by atoms with Crippen LogP contribution in [0.4, 0.5) is 0 Å². The molecule has 1 aromatic carbocycles. The Balaban J connectivity index is 1.60. The summed E-state index contributed by atoms with van der Waals surface area (Å²) in [6.45, 7) is 2.92. The minimum absolute atomic E-state index is 0.0817. The monoisotopic (exact) mass is 310 g/mol. The molecular weight excluding hydrogens is 288 g/mol. The van der Waals surface area contributed by atoms with Crippen LogP contribution in [0.1, 0.15) is 31.7 Å². The highest BCUT2D eigenvalue weighted by molar-refractivity contribution is 5.89. The van der Waals surface area contributed by atoms with Gasteiger partial charge in [-0.2, -0.15) is 0 Å². The molecule has 1 N–H and O–H groups in total. The summed E-state index contributed by atoms with van der Waals surface area (Å²) >= 11 is 0. The number of ether oxygens (including phenoxy) is 1. The lowest BCUT2D eigenvalue weighted by Gasteiger charge is -2.41. The van der Waals surface area contributed by atoms with E-state index in [1.54, 1.807) is 0 Å². The zero-order valence-corrected chi connectivity index (χ0v) is 13.4. The highest BCUT2D eigenvalue weighted by Crippen LogP contribution is 2.35. The highest BCUT2D eigenvalue weighted by Gasteiger charge is 2.35. The number of carbonyl (C=O) groups excluding carboxylic acids is 1. The Morgan fingerprint density at radius 2 is 2.26 bits per heavy atom. The van der Waals surface area contributed by atoms with Crippen LogP contribution in [0.3, 0.4) is 0 Å². The van der Waals surface area contributed by atoms with Crippen LogP contribution < -0.4 is 0 Å². The summed E-state index contributed by atoms with van der Waals surface area (Å²) in [5, 5.41) is 1.12. The molecule has 2 atom stereocenters. The van der Waals surface area contributed by atoms with E-state index in [-0.39, 0.29) is 12.1 Å². The molecule has 2 unspecified atom stereocenters. The molecule has 0 radical (unpaired) electrons. The fraction of sp³-hybridized carbons (Fsp3) is 0.421. The lowest BCUT2D eigenvalue weighted by Crippen LogP contribution is -2.46. The number of rotatable bonds is 3. The third-order valence-electron chi connectivity index (χ3n) is 5.12. The van der Waals surface area contributed by atoms with Crippen molar-refractivity contribution in [3.05, 3.63) is 47.8 Å². The van der Waals surface area contributed by atoms with Crippen molar-refractivity contribution >= 4 is 16.8 Å². The number of amides is 1. The van der Waals surface area contributed by atoms with E-state index in [9.17, 15) is 4.79 Å². The predicted molar refractivity (Wildman–Crippen MR) is 89.7 cm³/mol. The number of nitrogens with zero attached hydrogens (tertiary/aromatic N) is 1. The van der Waals surface area contributed by atoms with Crippen LogP contribution in [0, 0.1) is 5.92 Å². The van der Waals surface area contributed by atoms with Gasteiger partial charge in [-0.3, -0.25) is 9.69 Å². The SMILES string of the molecule is CCC1=CN(C(=O)Cc2c[nH]c3ccccc23)C2CC1CCO2. The number of aromatic nitrogens is 1. The Labute approximate surface area is 136 Å². The van der Waals surface area contributed by atoms with Crippen molar-refractivity contribution in [3.8, 4) is 0 Å². The van der Waals surface area contributed by atoms with Gasteiger partial charge in [-0.25, -0.2) is 0 Å². The first-order valence-electron chi connectivity index (χ1n) is 8.44. The molecule has 3 heterocycles. The van der Waals surface area contributed by atoms with E-state index in [0.717, 1.165) is 42.3 Å². The minimum atomic E-state index is -0.0817. The molecule has 1 amide bonds. The highest BCUT2D eigenvalue weighted by atomic mass is 16.5. The molecule has 1 fully saturated rings. The number of hydrogen-bond acceptors (Lipinski definition) is 2. The van der Waals surface area contributed by atoms with Crippen molar-refractivity contribution < 1.29 is 9.53 Å². The molecular formula is C19H22N2O2. The van der Waals surface area contributed by atoms with E-state index in [0.29, 0.717) is 12.3 Å². The van der Waals surface area contributed by atoms with Crippen molar-refractivity contribution in [3.63, 3.8) is 0 Å². The molecule has 120 valence electrons. The molecule has 2 aliphatic rings. The summed E-state index contributed by atoms with van der Waals surface area (Å²) in [7, 11) is 0. The minimum Gasteiger partial charge on any atom is -0.361 e. The molecule has 2 aromatic rings. The van der Waals surface area contributed by atoms with Crippen molar-refractivity contribution in [2.24, 2.45) is 5.92 Å². The second-order valence-electron chi connectivity index (χ2n) is 6.44. The maximum absolute atomic E-state index is 12.9. The lowest BCUT2D eigenvalue weighted by atomic mass is 9.86. The Morgan fingerprint density at radius 1 is 1.39 bits per heavy atom. The van der Waals surface area contributed by atoms with Crippen molar-refractivity contribution in [1.82, 2.24) is 9.88 Å². The van der Waals surface area contributed by atoms with Gasteiger partial charge in [0.15, 0.2) is 0 Å². The average Bonchev–Trinajstić information content (AvgIpc) is 2.98. The number of nitrogens with one attached hydrogen (secondary N) is 1. The first-order chi connectivity index (χ1) is 11.3. The second kappa shape index (κ2) is 5.85. The van der Waals surface area contributed by atoms with Gasteiger partial charge < -0.3 is 9.72 Å². The molecule has 1 saturated heterocycles. The van der Waals surface area contributed by atoms with Gasteiger partial charge in [0.05, 0.1) is 6.42 Å². The normalized spacial score (nSPS) is 23.9.